The Morgan fingerprint density at radius 3 is 3.00 bits per heavy atom. The summed E-state index contributed by atoms with van der Waals surface area (Å²) < 4.78 is 2.01. The molecular weight excluding hydrogens is 198 g/mol. The topological polar surface area (TPSA) is 29.9 Å². The summed E-state index contributed by atoms with van der Waals surface area (Å²) in [6.45, 7) is 6.56. The summed E-state index contributed by atoms with van der Waals surface area (Å²) in [5.74, 6) is 0.842. The van der Waals surface area contributed by atoms with Crippen LogP contribution in [0.3, 0.4) is 0 Å². The monoisotopic (exact) mass is 213 g/mol. The number of hydrogen-bond acceptors (Lipinski definition) is 2. The highest BCUT2D eigenvalue weighted by molar-refractivity contribution is 5.58. The van der Waals surface area contributed by atoms with E-state index in [1.54, 1.807) is 6.20 Å². The summed E-state index contributed by atoms with van der Waals surface area (Å²) in [6, 6.07) is 8.15. The van der Waals surface area contributed by atoms with Gasteiger partial charge in [-0.2, -0.15) is 0 Å². The number of hydrogen-bond donors (Lipinski definition) is 1. The summed E-state index contributed by atoms with van der Waals surface area (Å²) in [6.07, 6.45) is 5.57. The fraction of sp³-hybridized carbons (Fsp3) is 0.154. The highest BCUT2D eigenvalue weighted by Crippen LogP contribution is 2.18. The van der Waals surface area contributed by atoms with Gasteiger partial charge in [0.2, 0.25) is 5.95 Å². The maximum absolute atomic E-state index is 4.28. The molecule has 0 bridgehead atoms. The lowest BCUT2D eigenvalue weighted by Gasteiger charge is -2.09. The number of para-hydroxylation sites is 1. The molecule has 2 aromatic rings. The molecule has 0 fully saturated rings. The maximum Gasteiger partial charge on any atom is 0.207 e. The first-order valence-electron chi connectivity index (χ1n) is 5.26. The van der Waals surface area contributed by atoms with Crippen molar-refractivity contribution in [2.45, 2.75) is 13.5 Å². The summed E-state index contributed by atoms with van der Waals surface area (Å²) in [7, 11) is 0. The van der Waals surface area contributed by atoms with Crippen molar-refractivity contribution < 1.29 is 0 Å². The van der Waals surface area contributed by atoms with E-state index in [-0.39, 0.29) is 0 Å². The zero-order chi connectivity index (χ0) is 11.4. The van der Waals surface area contributed by atoms with Crippen molar-refractivity contribution in [2.75, 3.05) is 5.32 Å². The van der Waals surface area contributed by atoms with Crippen LogP contribution in [0.15, 0.2) is 49.3 Å². The standard InChI is InChI=1S/C13H15N3/c1-3-9-16-10-8-14-13(16)15-12-7-5-4-6-11(12)2/h3-8,10H,1,9H2,2H3,(H,14,15). The highest BCUT2D eigenvalue weighted by Gasteiger charge is 2.02. The number of imidazole rings is 1. The SMILES string of the molecule is C=CCn1ccnc1Nc1ccccc1C. The van der Waals surface area contributed by atoms with Crippen molar-refractivity contribution in [2.24, 2.45) is 0 Å². The Kier molecular flexibility index (Phi) is 3.05. The minimum Gasteiger partial charge on any atom is -0.325 e. The number of nitrogens with zero attached hydrogens (tertiary/aromatic N) is 2. The second-order valence-electron chi connectivity index (χ2n) is 3.63. The Labute approximate surface area is 95.4 Å². The molecule has 16 heavy (non-hydrogen) atoms. The quantitative estimate of drug-likeness (QED) is 0.791. The van der Waals surface area contributed by atoms with Gasteiger partial charge < -0.3 is 9.88 Å². The molecule has 2 rings (SSSR count). The molecule has 0 unspecified atom stereocenters. The van der Waals surface area contributed by atoms with E-state index in [1.807, 2.05) is 35.0 Å². The number of nitrogens with one attached hydrogen (secondary N) is 1. The number of aryl methyl sites for hydroxylation is 1. The second kappa shape index (κ2) is 4.66. The lowest BCUT2D eigenvalue weighted by Crippen LogP contribution is -2.02. The van der Waals surface area contributed by atoms with Crippen molar-refractivity contribution in [3.05, 3.63) is 54.9 Å². The van der Waals surface area contributed by atoms with Crippen LogP contribution < -0.4 is 5.32 Å². The number of allylic oxidation sites excluding steroid dienone is 1. The predicted octanol–water partition coefficient (Wildman–Crippen LogP) is 3.12. The third kappa shape index (κ3) is 2.14. The van der Waals surface area contributed by atoms with Crippen molar-refractivity contribution >= 4 is 11.6 Å². The molecule has 0 spiro atoms. The molecule has 0 radical (unpaired) electrons. The van der Waals surface area contributed by atoms with Gasteiger partial charge in [-0.3, -0.25) is 0 Å². The van der Waals surface area contributed by atoms with Gasteiger partial charge in [-0.15, -0.1) is 6.58 Å². The van der Waals surface area contributed by atoms with Crippen LogP contribution in [-0.4, -0.2) is 9.55 Å². The zero-order valence-electron chi connectivity index (χ0n) is 9.35. The molecule has 0 aliphatic heterocycles. The van der Waals surface area contributed by atoms with E-state index < -0.39 is 0 Å². The van der Waals surface area contributed by atoms with E-state index in [2.05, 4.69) is 29.9 Å². The third-order valence-electron chi connectivity index (χ3n) is 2.43. The molecule has 1 aromatic carbocycles. The molecule has 1 N–H and O–H groups in total. The fourth-order valence-electron chi connectivity index (χ4n) is 1.55. The van der Waals surface area contributed by atoms with Crippen LogP contribution >= 0.6 is 0 Å². The number of anilines is 2. The Morgan fingerprint density at radius 1 is 1.44 bits per heavy atom. The highest BCUT2D eigenvalue weighted by atomic mass is 15.2. The van der Waals surface area contributed by atoms with Crippen LogP contribution in [0.1, 0.15) is 5.56 Å². The Hall–Kier alpha value is -2.03. The molecule has 0 aliphatic rings. The van der Waals surface area contributed by atoms with Crippen LogP contribution in [0.2, 0.25) is 0 Å². The van der Waals surface area contributed by atoms with Crippen LogP contribution in [0.4, 0.5) is 11.6 Å². The Morgan fingerprint density at radius 2 is 2.25 bits per heavy atom. The molecule has 3 nitrogen and oxygen atoms in total. The Balaban J connectivity index is 2.23. The molecule has 0 amide bonds. The molecule has 0 aliphatic carbocycles. The van der Waals surface area contributed by atoms with Crippen LogP contribution in [0, 0.1) is 6.92 Å². The first kappa shape index (κ1) is 10.5. The summed E-state index contributed by atoms with van der Waals surface area (Å²) in [5.41, 5.74) is 2.29. The zero-order valence-corrected chi connectivity index (χ0v) is 9.35. The van der Waals surface area contributed by atoms with Crippen LogP contribution in [-0.2, 0) is 6.54 Å². The van der Waals surface area contributed by atoms with Gasteiger partial charge in [-0.25, -0.2) is 4.98 Å². The molecular formula is C13H15N3. The first-order chi connectivity index (χ1) is 7.81. The van der Waals surface area contributed by atoms with Gasteiger partial charge in [-0.05, 0) is 18.6 Å². The number of rotatable bonds is 4. The maximum atomic E-state index is 4.28. The molecule has 1 heterocycles. The Bertz CT molecular complexity index is 485. The number of aromatic nitrogens is 2. The molecule has 0 atom stereocenters. The summed E-state index contributed by atoms with van der Waals surface area (Å²) in [5, 5.41) is 3.31. The van der Waals surface area contributed by atoms with Gasteiger partial charge in [0.1, 0.15) is 0 Å². The van der Waals surface area contributed by atoms with Crippen molar-refractivity contribution in [3.8, 4) is 0 Å². The average Bonchev–Trinajstić information content (AvgIpc) is 2.70. The second-order valence-corrected chi connectivity index (χ2v) is 3.63. The fourth-order valence-corrected chi connectivity index (χ4v) is 1.55. The van der Waals surface area contributed by atoms with Gasteiger partial charge >= 0.3 is 0 Å². The molecule has 0 saturated heterocycles. The van der Waals surface area contributed by atoms with Crippen molar-refractivity contribution in [1.82, 2.24) is 9.55 Å². The first-order valence-corrected chi connectivity index (χ1v) is 5.26. The van der Waals surface area contributed by atoms with Crippen molar-refractivity contribution in [1.29, 1.82) is 0 Å². The molecule has 1 aromatic heterocycles. The largest absolute Gasteiger partial charge is 0.325 e. The lowest BCUT2D eigenvalue weighted by atomic mass is 10.2. The smallest absolute Gasteiger partial charge is 0.207 e. The van der Waals surface area contributed by atoms with E-state index in [1.165, 1.54) is 5.56 Å². The van der Waals surface area contributed by atoms with Crippen molar-refractivity contribution in [3.63, 3.8) is 0 Å². The number of benzene rings is 1. The van der Waals surface area contributed by atoms with Gasteiger partial charge in [0.05, 0.1) is 0 Å². The van der Waals surface area contributed by atoms with E-state index >= 15 is 0 Å². The van der Waals surface area contributed by atoms with Gasteiger partial charge in [0, 0.05) is 24.6 Å². The van der Waals surface area contributed by atoms with Crippen LogP contribution in [0.25, 0.3) is 0 Å². The van der Waals surface area contributed by atoms with E-state index in [4.69, 9.17) is 0 Å². The van der Waals surface area contributed by atoms with E-state index in [9.17, 15) is 0 Å². The van der Waals surface area contributed by atoms with E-state index in [0.29, 0.717) is 0 Å². The third-order valence-corrected chi connectivity index (χ3v) is 2.43. The molecule has 0 saturated carbocycles. The molecule has 82 valence electrons. The minimum absolute atomic E-state index is 0.758. The van der Waals surface area contributed by atoms with Gasteiger partial charge in [0.15, 0.2) is 0 Å². The summed E-state index contributed by atoms with van der Waals surface area (Å²) in [4.78, 5) is 4.28. The lowest BCUT2D eigenvalue weighted by molar-refractivity contribution is 0.833. The summed E-state index contributed by atoms with van der Waals surface area (Å²) >= 11 is 0. The predicted molar refractivity (Wildman–Crippen MR) is 66.9 cm³/mol. The average molecular weight is 213 g/mol. The molecule has 3 heteroatoms. The van der Waals surface area contributed by atoms with Gasteiger partial charge in [-0.1, -0.05) is 24.3 Å². The normalized spacial score (nSPS) is 10.1. The van der Waals surface area contributed by atoms with Gasteiger partial charge in [0.25, 0.3) is 0 Å². The van der Waals surface area contributed by atoms with Crippen LogP contribution in [0.5, 0.6) is 0 Å². The minimum atomic E-state index is 0.758. The van der Waals surface area contributed by atoms with E-state index in [0.717, 1.165) is 18.2 Å².